The molecule has 0 spiro atoms. The molecule has 1 aromatic rings. The monoisotopic (exact) mass is 178 g/mol. The van der Waals surface area contributed by atoms with Gasteiger partial charge in [-0.05, 0) is 30.2 Å². The first-order chi connectivity index (χ1) is 6.31. The number of hydrogen-bond acceptors (Lipinski definition) is 2. The second kappa shape index (κ2) is 4.67. The van der Waals surface area contributed by atoms with Crippen molar-refractivity contribution in [1.29, 1.82) is 0 Å². The maximum atomic E-state index is 9.01. The van der Waals surface area contributed by atoms with Crippen LogP contribution in [-0.4, -0.2) is 18.8 Å². The van der Waals surface area contributed by atoms with Gasteiger partial charge >= 0.3 is 0 Å². The average molecular weight is 178 g/mol. The standard InChI is InChI=1S/C11H14O2/c1-3-9(8-12)10-4-6-11(13-2)7-5-10/h3-7,12H,8H2,1-2H3/b9-3+. The van der Waals surface area contributed by atoms with Crippen LogP contribution in [0.3, 0.4) is 0 Å². The number of aliphatic hydroxyl groups excluding tert-OH is 1. The van der Waals surface area contributed by atoms with Crippen molar-refractivity contribution in [2.45, 2.75) is 6.92 Å². The predicted molar refractivity (Wildman–Crippen MR) is 53.7 cm³/mol. The van der Waals surface area contributed by atoms with Crippen LogP contribution in [0.4, 0.5) is 0 Å². The highest BCUT2D eigenvalue weighted by Gasteiger charge is 1.98. The van der Waals surface area contributed by atoms with Crippen molar-refractivity contribution < 1.29 is 9.84 Å². The first-order valence-corrected chi connectivity index (χ1v) is 4.22. The molecule has 1 rings (SSSR count). The quantitative estimate of drug-likeness (QED) is 0.768. The lowest BCUT2D eigenvalue weighted by molar-refractivity contribution is 0.350. The van der Waals surface area contributed by atoms with Gasteiger partial charge in [-0.15, -0.1) is 0 Å². The van der Waals surface area contributed by atoms with Crippen LogP contribution in [0, 0.1) is 0 Å². The summed E-state index contributed by atoms with van der Waals surface area (Å²) in [5.41, 5.74) is 1.97. The molecule has 1 N–H and O–H groups in total. The molecule has 0 aliphatic heterocycles. The Bertz CT molecular complexity index is 285. The molecule has 0 amide bonds. The summed E-state index contributed by atoms with van der Waals surface area (Å²) in [7, 11) is 1.64. The van der Waals surface area contributed by atoms with Crippen molar-refractivity contribution >= 4 is 5.57 Å². The molecule has 0 fully saturated rings. The third kappa shape index (κ3) is 2.33. The van der Waals surface area contributed by atoms with Crippen LogP contribution in [0.15, 0.2) is 30.3 Å². The van der Waals surface area contributed by atoms with E-state index >= 15 is 0 Å². The van der Waals surface area contributed by atoms with Gasteiger partial charge in [-0.2, -0.15) is 0 Å². The fraction of sp³-hybridized carbons (Fsp3) is 0.273. The van der Waals surface area contributed by atoms with Crippen LogP contribution in [0.1, 0.15) is 12.5 Å². The highest BCUT2D eigenvalue weighted by Crippen LogP contribution is 2.17. The molecule has 0 aliphatic carbocycles. The van der Waals surface area contributed by atoms with E-state index in [0.29, 0.717) is 0 Å². The normalized spacial score (nSPS) is 11.5. The van der Waals surface area contributed by atoms with E-state index in [9.17, 15) is 0 Å². The van der Waals surface area contributed by atoms with E-state index in [0.717, 1.165) is 16.9 Å². The molecular weight excluding hydrogens is 164 g/mol. The predicted octanol–water partition coefficient (Wildman–Crippen LogP) is 2.09. The van der Waals surface area contributed by atoms with E-state index < -0.39 is 0 Å². The van der Waals surface area contributed by atoms with Gasteiger partial charge in [0.15, 0.2) is 0 Å². The number of ether oxygens (including phenoxy) is 1. The second-order valence-corrected chi connectivity index (χ2v) is 2.70. The Labute approximate surface area is 78.5 Å². The van der Waals surface area contributed by atoms with Gasteiger partial charge in [0.05, 0.1) is 13.7 Å². The maximum Gasteiger partial charge on any atom is 0.118 e. The molecule has 0 atom stereocenters. The molecular formula is C11H14O2. The second-order valence-electron chi connectivity index (χ2n) is 2.70. The molecule has 2 heteroatoms. The lowest BCUT2D eigenvalue weighted by atomic mass is 10.1. The van der Waals surface area contributed by atoms with Gasteiger partial charge < -0.3 is 9.84 Å². The Morgan fingerprint density at radius 3 is 2.38 bits per heavy atom. The fourth-order valence-corrected chi connectivity index (χ4v) is 1.15. The van der Waals surface area contributed by atoms with Crippen LogP contribution in [0.25, 0.3) is 5.57 Å². The van der Waals surface area contributed by atoms with Crippen molar-refractivity contribution in [3.8, 4) is 5.75 Å². The molecule has 0 saturated heterocycles. The van der Waals surface area contributed by atoms with Gasteiger partial charge in [-0.1, -0.05) is 18.2 Å². The maximum absolute atomic E-state index is 9.01. The van der Waals surface area contributed by atoms with Crippen LogP contribution in [0.2, 0.25) is 0 Å². The first kappa shape index (κ1) is 9.81. The van der Waals surface area contributed by atoms with Gasteiger partial charge in [0, 0.05) is 0 Å². The largest absolute Gasteiger partial charge is 0.497 e. The third-order valence-corrected chi connectivity index (χ3v) is 1.98. The smallest absolute Gasteiger partial charge is 0.118 e. The van der Waals surface area contributed by atoms with Crippen molar-refractivity contribution in [2.75, 3.05) is 13.7 Å². The van der Waals surface area contributed by atoms with E-state index in [2.05, 4.69) is 0 Å². The summed E-state index contributed by atoms with van der Waals surface area (Å²) < 4.78 is 5.03. The van der Waals surface area contributed by atoms with Crippen molar-refractivity contribution in [3.05, 3.63) is 35.9 Å². The van der Waals surface area contributed by atoms with E-state index in [1.54, 1.807) is 7.11 Å². The summed E-state index contributed by atoms with van der Waals surface area (Å²) in [5.74, 6) is 0.831. The van der Waals surface area contributed by atoms with E-state index in [1.165, 1.54) is 0 Å². The zero-order valence-electron chi connectivity index (χ0n) is 7.95. The molecule has 0 unspecified atom stereocenters. The minimum Gasteiger partial charge on any atom is -0.497 e. The highest BCUT2D eigenvalue weighted by molar-refractivity contribution is 5.66. The summed E-state index contributed by atoms with van der Waals surface area (Å²) in [5, 5.41) is 9.01. The fourth-order valence-electron chi connectivity index (χ4n) is 1.15. The molecule has 0 heterocycles. The van der Waals surface area contributed by atoms with E-state index in [1.807, 2.05) is 37.3 Å². The molecule has 0 aliphatic rings. The Kier molecular flexibility index (Phi) is 3.53. The Hall–Kier alpha value is -1.28. The third-order valence-electron chi connectivity index (χ3n) is 1.98. The Morgan fingerprint density at radius 1 is 1.38 bits per heavy atom. The molecule has 0 bridgehead atoms. The lowest BCUT2D eigenvalue weighted by Gasteiger charge is -2.04. The van der Waals surface area contributed by atoms with Gasteiger partial charge in [0.2, 0.25) is 0 Å². The summed E-state index contributed by atoms with van der Waals surface area (Å²) in [6.07, 6.45) is 1.90. The van der Waals surface area contributed by atoms with Crippen LogP contribution >= 0.6 is 0 Å². The van der Waals surface area contributed by atoms with Crippen LogP contribution in [0.5, 0.6) is 5.75 Å². The van der Waals surface area contributed by atoms with Crippen LogP contribution in [-0.2, 0) is 0 Å². The molecule has 0 radical (unpaired) electrons. The van der Waals surface area contributed by atoms with Crippen molar-refractivity contribution in [1.82, 2.24) is 0 Å². The number of aliphatic hydroxyl groups is 1. The zero-order valence-corrected chi connectivity index (χ0v) is 7.95. The zero-order chi connectivity index (χ0) is 9.68. The summed E-state index contributed by atoms with van der Waals surface area (Å²) >= 11 is 0. The summed E-state index contributed by atoms with van der Waals surface area (Å²) in [6, 6.07) is 7.64. The molecule has 13 heavy (non-hydrogen) atoms. The number of rotatable bonds is 3. The van der Waals surface area contributed by atoms with Crippen LogP contribution < -0.4 is 4.74 Å². The number of methoxy groups -OCH3 is 1. The topological polar surface area (TPSA) is 29.5 Å². The highest BCUT2D eigenvalue weighted by atomic mass is 16.5. The number of benzene rings is 1. The minimum atomic E-state index is 0.0723. The molecule has 1 aromatic carbocycles. The van der Waals surface area contributed by atoms with Gasteiger partial charge in [-0.25, -0.2) is 0 Å². The summed E-state index contributed by atoms with van der Waals surface area (Å²) in [4.78, 5) is 0. The van der Waals surface area contributed by atoms with Gasteiger partial charge in [0.25, 0.3) is 0 Å². The van der Waals surface area contributed by atoms with Crippen molar-refractivity contribution in [2.24, 2.45) is 0 Å². The molecule has 70 valence electrons. The minimum absolute atomic E-state index is 0.0723. The molecule has 0 aromatic heterocycles. The van der Waals surface area contributed by atoms with E-state index in [4.69, 9.17) is 9.84 Å². The Morgan fingerprint density at radius 2 is 2.00 bits per heavy atom. The lowest BCUT2D eigenvalue weighted by Crippen LogP contribution is -1.90. The SMILES string of the molecule is C/C=C(\CO)c1ccc(OC)cc1. The summed E-state index contributed by atoms with van der Waals surface area (Å²) in [6.45, 7) is 1.98. The van der Waals surface area contributed by atoms with E-state index in [-0.39, 0.29) is 6.61 Å². The average Bonchev–Trinajstić information content (AvgIpc) is 2.21. The Balaban J connectivity index is 2.91. The van der Waals surface area contributed by atoms with Crippen molar-refractivity contribution in [3.63, 3.8) is 0 Å². The first-order valence-electron chi connectivity index (χ1n) is 4.22. The number of allylic oxidation sites excluding steroid dienone is 1. The number of hydrogen-bond donors (Lipinski definition) is 1. The van der Waals surface area contributed by atoms with Gasteiger partial charge in [-0.3, -0.25) is 0 Å². The molecule has 0 saturated carbocycles. The molecule has 2 nitrogen and oxygen atoms in total. The van der Waals surface area contributed by atoms with Gasteiger partial charge in [0.1, 0.15) is 5.75 Å².